The molecule has 2 heterocycles. The monoisotopic (exact) mass is 265 g/mol. The van der Waals surface area contributed by atoms with Gasteiger partial charge >= 0.3 is 0 Å². The number of nitrogens with zero attached hydrogens (tertiary/aromatic N) is 2. The number of hydrogen-bond donors (Lipinski definition) is 1. The largest absolute Gasteiger partial charge is 0.314 e. The maximum Gasteiger partial charge on any atom is 0.0191 e. The first kappa shape index (κ1) is 15.0. The molecule has 0 spiro atoms. The molecule has 0 bridgehead atoms. The predicted molar refractivity (Wildman–Crippen MR) is 82.5 cm³/mol. The van der Waals surface area contributed by atoms with Crippen LogP contribution in [0.1, 0.15) is 39.5 Å². The van der Waals surface area contributed by atoms with Gasteiger partial charge in [-0.1, -0.05) is 18.6 Å². The van der Waals surface area contributed by atoms with Gasteiger partial charge in [0.15, 0.2) is 0 Å². The molecule has 0 saturated carbocycles. The minimum Gasteiger partial charge on any atom is -0.314 e. The molecule has 2 fully saturated rings. The van der Waals surface area contributed by atoms with Gasteiger partial charge in [-0.3, -0.25) is 9.80 Å². The van der Waals surface area contributed by atoms with Gasteiger partial charge in [0.2, 0.25) is 0 Å². The summed E-state index contributed by atoms with van der Waals surface area (Å²) < 4.78 is 0. The van der Waals surface area contributed by atoms with Crippen LogP contribution in [0.2, 0.25) is 0 Å². The number of nitrogens with one attached hydrogen (secondary N) is 1. The second-order valence-corrected chi connectivity index (χ2v) is 6.46. The summed E-state index contributed by atoms with van der Waals surface area (Å²) in [7, 11) is 0. The fourth-order valence-corrected chi connectivity index (χ4v) is 3.51. The van der Waals surface area contributed by atoms with Gasteiger partial charge in [0, 0.05) is 44.8 Å². The molecule has 110 valence electrons. The summed E-state index contributed by atoms with van der Waals surface area (Å²) in [6.45, 7) is 16.0. The van der Waals surface area contributed by atoms with Crippen molar-refractivity contribution in [2.45, 2.75) is 51.6 Å². The molecule has 3 heteroatoms. The van der Waals surface area contributed by atoms with E-state index in [-0.39, 0.29) is 0 Å². The molecule has 2 saturated heterocycles. The SMILES string of the molecule is C=C(CC1CCCCN1C(C)C)CN1CCNCC1. The smallest absolute Gasteiger partial charge is 0.0191 e. The highest BCUT2D eigenvalue weighted by molar-refractivity contribution is 5.02. The summed E-state index contributed by atoms with van der Waals surface area (Å²) >= 11 is 0. The molecule has 1 unspecified atom stereocenters. The molecule has 0 radical (unpaired) electrons. The van der Waals surface area contributed by atoms with Crippen LogP contribution < -0.4 is 5.32 Å². The molecule has 2 rings (SSSR count). The zero-order valence-corrected chi connectivity index (χ0v) is 12.8. The number of likely N-dealkylation sites (tertiary alicyclic amines) is 1. The van der Waals surface area contributed by atoms with Gasteiger partial charge in [-0.2, -0.15) is 0 Å². The van der Waals surface area contributed by atoms with Crippen LogP contribution in [0, 0.1) is 0 Å². The van der Waals surface area contributed by atoms with E-state index in [1.54, 1.807) is 0 Å². The van der Waals surface area contributed by atoms with Crippen LogP contribution in [0.25, 0.3) is 0 Å². The third kappa shape index (κ3) is 4.59. The van der Waals surface area contributed by atoms with Gasteiger partial charge < -0.3 is 5.32 Å². The molecule has 1 N–H and O–H groups in total. The van der Waals surface area contributed by atoms with Crippen molar-refractivity contribution in [3.8, 4) is 0 Å². The van der Waals surface area contributed by atoms with Crippen LogP contribution in [0.4, 0.5) is 0 Å². The van der Waals surface area contributed by atoms with E-state index in [4.69, 9.17) is 0 Å². The quantitative estimate of drug-likeness (QED) is 0.768. The van der Waals surface area contributed by atoms with Crippen LogP contribution in [0.15, 0.2) is 12.2 Å². The average Bonchev–Trinajstić information content (AvgIpc) is 2.40. The Hall–Kier alpha value is -0.380. The van der Waals surface area contributed by atoms with Gasteiger partial charge in [-0.15, -0.1) is 0 Å². The molecule has 0 aromatic carbocycles. The van der Waals surface area contributed by atoms with E-state index in [9.17, 15) is 0 Å². The van der Waals surface area contributed by atoms with E-state index < -0.39 is 0 Å². The molecular formula is C16H31N3. The normalized spacial score (nSPS) is 26.8. The standard InChI is InChI=1S/C16H31N3/c1-14(2)19-9-5-4-6-16(19)12-15(3)13-18-10-7-17-8-11-18/h14,16-17H,3-13H2,1-2H3. The highest BCUT2D eigenvalue weighted by Gasteiger charge is 2.25. The zero-order chi connectivity index (χ0) is 13.7. The lowest BCUT2D eigenvalue weighted by molar-refractivity contribution is 0.109. The topological polar surface area (TPSA) is 18.5 Å². The molecule has 2 aliphatic rings. The van der Waals surface area contributed by atoms with Crippen LogP contribution in [-0.2, 0) is 0 Å². The molecule has 0 amide bonds. The van der Waals surface area contributed by atoms with Crippen molar-refractivity contribution >= 4 is 0 Å². The van der Waals surface area contributed by atoms with Crippen molar-refractivity contribution in [2.75, 3.05) is 39.3 Å². The van der Waals surface area contributed by atoms with Gasteiger partial charge in [-0.25, -0.2) is 0 Å². The first-order valence-corrected chi connectivity index (χ1v) is 8.02. The van der Waals surface area contributed by atoms with Crippen molar-refractivity contribution in [2.24, 2.45) is 0 Å². The number of piperidine rings is 1. The van der Waals surface area contributed by atoms with E-state index in [0.29, 0.717) is 6.04 Å². The Labute approximate surface area is 119 Å². The number of piperazine rings is 1. The highest BCUT2D eigenvalue weighted by atomic mass is 15.2. The van der Waals surface area contributed by atoms with Crippen LogP contribution in [-0.4, -0.2) is 61.2 Å². The van der Waals surface area contributed by atoms with Crippen LogP contribution >= 0.6 is 0 Å². The van der Waals surface area contributed by atoms with Gasteiger partial charge in [0.25, 0.3) is 0 Å². The van der Waals surface area contributed by atoms with E-state index in [1.807, 2.05) is 0 Å². The van der Waals surface area contributed by atoms with Crippen LogP contribution in [0.3, 0.4) is 0 Å². The first-order chi connectivity index (χ1) is 9.16. The summed E-state index contributed by atoms with van der Waals surface area (Å²) in [6.07, 6.45) is 5.33. The summed E-state index contributed by atoms with van der Waals surface area (Å²) in [5.41, 5.74) is 1.43. The molecule has 0 aliphatic carbocycles. The molecule has 2 aliphatic heterocycles. The Morgan fingerprint density at radius 3 is 2.63 bits per heavy atom. The number of hydrogen-bond acceptors (Lipinski definition) is 3. The molecule has 19 heavy (non-hydrogen) atoms. The van der Waals surface area contributed by atoms with Gasteiger partial charge in [-0.05, 0) is 39.7 Å². The van der Waals surface area contributed by atoms with Crippen molar-refractivity contribution in [1.82, 2.24) is 15.1 Å². The van der Waals surface area contributed by atoms with Crippen LogP contribution in [0.5, 0.6) is 0 Å². The van der Waals surface area contributed by atoms with Crippen molar-refractivity contribution in [3.05, 3.63) is 12.2 Å². The molecule has 0 aromatic rings. The lowest BCUT2D eigenvalue weighted by atomic mass is 9.94. The minimum atomic E-state index is 0.678. The number of rotatable bonds is 5. The average molecular weight is 265 g/mol. The Kier molecular flexibility index (Phi) is 5.86. The minimum absolute atomic E-state index is 0.678. The van der Waals surface area contributed by atoms with E-state index in [2.05, 4.69) is 35.5 Å². The summed E-state index contributed by atoms with van der Waals surface area (Å²) in [5, 5.41) is 3.41. The third-order valence-corrected chi connectivity index (χ3v) is 4.52. The first-order valence-electron chi connectivity index (χ1n) is 8.02. The third-order valence-electron chi connectivity index (χ3n) is 4.52. The van der Waals surface area contributed by atoms with Crippen molar-refractivity contribution in [3.63, 3.8) is 0 Å². The van der Waals surface area contributed by atoms with Gasteiger partial charge in [0.1, 0.15) is 0 Å². The molecule has 0 aromatic heterocycles. The Morgan fingerprint density at radius 1 is 1.21 bits per heavy atom. The lowest BCUT2D eigenvalue weighted by Gasteiger charge is -2.39. The molecule has 3 nitrogen and oxygen atoms in total. The maximum atomic E-state index is 4.35. The van der Waals surface area contributed by atoms with E-state index in [1.165, 1.54) is 50.9 Å². The second kappa shape index (κ2) is 7.41. The Morgan fingerprint density at radius 2 is 1.95 bits per heavy atom. The Balaban J connectivity index is 1.79. The predicted octanol–water partition coefficient (Wildman–Crippen LogP) is 2.10. The summed E-state index contributed by atoms with van der Waals surface area (Å²) in [4.78, 5) is 5.23. The van der Waals surface area contributed by atoms with Crippen molar-refractivity contribution in [1.29, 1.82) is 0 Å². The fraction of sp³-hybridized carbons (Fsp3) is 0.875. The Bertz CT molecular complexity index is 282. The molecule has 1 atom stereocenters. The van der Waals surface area contributed by atoms with Crippen molar-refractivity contribution < 1.29 is 0 Å². The zero-order valence-electron chi connectivity index (χ0n) is 12.8. The fourth-order valence-electron chi connectivity index (χ4n) is 3.51. The summed E-state index contributed by atoms with van der Waals surface area (Å²) in [5.74, 6) is 0. The highest BCUT2D eigenvalue weighted by Crippen LogP contribution is 2.24. The van der Waals surface area contributed by atoms with E-state index >= 15 is 0 Å². The van der Waals surface area contributed by atoms with E-state index in [0.717, 1.165) is 25.7 Å². The second-order valence-electron chi connectivity index (χ2n) is 6.46. The lowest BCUT2D eigenvalue weighted by Crippen LogP contribution is -2.46. The molecular weight excluding hydrogens is 234 g/mol. The van der Waals surface area contributed by atoms with Gasteiger partial charge in [0.05, 0.1) is 0 Å². The summed E-state index contributed by atoms with van der Waals surface area (Å²) in [6, 6.07) is 1.42. The maximum absolute atomic E-state index is 4.35.